The molecule has 6 heteroatoms. The van der Waals surface area contributed by atoms with Gasteiger partial charge in [0.1, 0.15) is 0 Å². The number of aromatic nitrogens is 1. The Morgan fingerprint density at radius 1 is 1.16 bits per heavy atom. The molecule has 1 aromatic heterocycles. The van der Waals surface area contributed by atoms with E-state index in [0.717, 1.165) is 38.2 Å². The Bertz CT molecular complexity index is 398. The first kappa shape index (κ1) is 15.6. The minimum Gasteiger partial charge on any atom is -0.365 e. The lowest BCUT2D eigenvalue weighted by atomic mass is 10.1. The average molecular weight is 272 g/mol. The number of rotatable bonds is 8. The fourth-order valence-electron chi connectivity index (χ4n) is 1.95. The predicted octanol–water partition coefficient (Wildman–Crippen LogP) is 3.42. The fraction of sp³-hybridized carbons (Fsp3) is 0.615. The van der Waals surface area contributed by atoms with Crippen LogP contribution in [-0.2, 0) is 0 Å². The van der Waals surface area contributed by atoms with Gasteiger partial charge in [-0.05, 0) is 12.8 Å². The molecular formula is C13H22F2N4. The maximum absolute atomic E-state index is 13.7. The van der Waals surface area contributed by atoms with Gasteiger partial charge in [0.15, 0.2) is 23.3 Å². The normalized spacial score (nSPS) is 12.3. The van der Waals surface area contributed by atoms with Crippen molar-refractivity contribution < 1.29 is 8.78 Å². The quantitative estimate of drug-likeness (QED) is 0.501. The topological polar surface area (TPSA) is 63.0 Å². The van der Waals surface area contributed by atoms with E-state index in [1.54, 1.807) is 0 Å². The molecule has 1 unspecified atom stereocenters. The van der Waals surface area contributed by atoms with Gasteiger partial charge in [0, 0.05) is 12.1 Å². The highest BCUT2D eigenvalue weighted by atomic mass is 19.1. The summed E-state index contributed by atoms with van der Waals surface area (Å²) in [5.41, 5.74) is 2.12. The number of nitrogens with zero attached hydrogens (tertiary/aromatic N) is 1. The van der Waals surface area contributed by atoms with Gasteiger partial charge in [-0.2, -0.15) is 0 Å². The molecule has 0 aromatic carbocycles. The standard InChI is InChI=1S/C13H22F2N4/c1-3-5-7-9(6-4-2)17-12-10(14)8-11(15)13(18-12)19-16/h8-9H,3-7,16H2,1-2H3,(H2,17,18,19). The number of nitrogens with two attached hydrogens (primary N) is 1. The molecule has 0 amide bonds. The molecule has 0 spiro atoms. The number of nitrogen functional groups attached to an aromatic ring is 1. The zero-order chi connectivity index (χ0) is 14.3. The molecule has 0 aliphatic heterocycles. The van der Waals surface area contributed by atoms with Gasteiger partial charge < -0.3 is 10.7 Å². The van der Waals surface area contributed by atoms with Crippen LogP contribution in [-0.4, -0.2) is 11.0 Å². The van der Waals surface area contributed by atoms with Crippen LogP contribution in [0.15, 0.2) is 6.07 Å². The van der Waals surface area contributed by atoms with E-state index in [1.807, 2.05) is 0 Å². The summed E-state index contributed by atoms with van der Waals surface area (Å²) in [6, 6.07) is 0.927. The van der Waals surface area contributed by atoms with E-state index in [2.05, 4.69) is 29.6 Å². The Labute approximate surface area is 112 Å². The van der Waals surface area contributed by atoms with Crippen LogP contribution in [0.4, 0.5) is 20.4 Å². The van der Waals surface area contributed by atoms with E-state index in [1.165, 1.54) is 0 Å². The number of halogens is 2. The lowest BCUT2D eigenvalue weighted by Crippen LogP contribution is -2.22. The number of nitrogens with one attached hydrogen (secondary N) is 2. The maximum atomic E-state index is 13.7. The van der Waals surface area contributed by atoms with Crippen molar-refractivity contribution in [3.8, 4) is 0 Å². The van der Waals surface area contributed by atoms with Crippen LogP contribution in [0.25, 0.3) is 0 Å². The first-order chi connectivity index (χ1) is 9.12. The van der Waals surface area contributed by atoms with E-state index in [4.69, 9.17) is 5.84 Å². The van der Waals surface area contributed by atoms with Crippen LogP contribution < -0.4 is 16.6 Å². The van der Waals surface area contributed by atoms with Gasteiger partial charge in [-0.1, -0.05) is 33.1 Å². The van der Waals surface area contributed by atoms with Crippen molar-refractivity contribution in [2.45, 2.75) is 52.0 Å². The highest BCUT2D eigenvalue weighted by Gasteiger charge is 2.14. The zero-order valence-corrected chi connectivity index (χ0v) is 11.5. The number of pyridine rings is 1. The molecule has 1 aromatic rings. The third-order valence-electron chi connectivity index (χ3n) is 2.95. The largest absolute Gasteiger partial charge is 0.365 e. The van der Waals surface area contributed by atoms with Crippen LogP contribution >= 0.6 is 0 Å². The Hall–Kier alpha value is -1.43. The van der Waals surface area contributed by atoms with Gasteiger partial charge in [0.2, 0.25) is 0 Å². The van der Waals surface area contributed by atoms with Crippen LogP contribution in [0.1, 0.15) is 46.0 Å². The summed E-state index contributed by atoms with van der Waals surface area (Å²) in [6.45, 7) is 4.18. The summed E-state index contributed by atoms with van der Waals surface area (Å²) in [4.78, 5) is 3.82. The summed E-state index contributed by atoms with van der Waals surface area (Å²) in [5, 5.41) is 3.04. The third kappa shape index (κ3) is 4.63. The minimum absolute atomic E-state index is 0.0453. The Morgan fingerprint density at radius 3 is 2.42 bits per heavy atom. The minimum atomic E-state index is -0.800. The zero-order valence-electron chi connectivity index (χ0n) is 11.5. The molecule has 1 heterocycles. The summed E-state index contributed by atoms with van der Waals surface area (Å²) in [5.74, 6) is 3.52. The lowest BCUT2D eigenvalue weighted by molar-refractivity contribution is 0.546. The van der Waals surface area contributed by atoms with E-state index < -0.39 is 11.6 Å². The average Bonchev–Trinajstić information content (AvgIpc) is 2.39. The molecule has 0 bridgehead atoms. The molecule has 0 saturated heterocycles. The summed E-state index contributed by atoms with van der Waals surface area (Å²) < 4.78 is 26.9. The Kier molecular flexibility index (Phi) is 6.49. The van der Waals surface area contributed by atoms with E-state index >= 15 is 0 Å². The van der Waals surface area contributed by atoms with Gasteiger partial charge in [-0.15, -0.1) is 0 Å². The van der Waals surface area contributed by atoms with E-state index in [9.17, 15) is 8.78 Å². The molecule has 0 radical (unpaired) electrons. The van der Waals surface area contributed by atoms with Crippen LogP contribution in [0.2, 0.25) is 0 Å². The fourth-order valence-corrected chi connectivity index (χ4v) is 1.95. The Balaban J connectivity index is 2.82. The molecule has 4 N–H and O–H groups in total. The second-order valence-electron chi connectivity index (χ2n) is 4.57. The van der Waals surface area contributed by atoms with Crippen molar-refractivity contribution in [3.63, 3.8) is 0 Å². The molecule has 4 nitrogen and oxygen atoms in total. The third-order valence-corrected chi connectivity index (χ3v) is 2.95. The molecule has 0 aliphatic carbocycles. The second-order valence-corrected chi connectivity index (χ2v) is 4.57. The van der Waals surface area contributed by atoms with E-state index in [-0.39, 0.29) is 17.7 Å². The number of hydrogen-bond acceptors (Lipinski definition) is 4. The van der Waals surface area contributed by atoms with Crippen LogP contribution in [0, 0.1) is 11.6 Å². The van der Waals surface area contributed by atoms with Gasteiger partial charge in [-0.25, -0.2) is 19.6 Å². The predicted molar refractivity (Wildman–Crippen MR) is 73.8 cm³/mol. The van der Waals surface area contributed by atoms with Gasteiger partial charge >= 0.3 is 0 Å². The van der Waals surface area contributed by atoms with Gasteiger partial charge in [0.25, 0.3) is 0 Å². The molecule has 108 valence electrons. The molecule has 1 atom stereocenters. The van der Waals surface area contributed by atoms with Crippen molar-refractivity contribution in [2.24, 2.45) is 5.84 Å². The van der Waals surface area contributed by atoms with Gasteiger partial charge in [0.05, 0.1) is 0 Å². The van der Waals surface area contributed by atoms with E-state index in [0.29, 0.717) is 0 Å². The highest BCUT2D eigenvalue weighted by Crippen LogP contribution is 2.21. The number of hydrogen-bond donors (Lipinski definition) is 3. The molecule has 1 rings (SSSR count). The van der Waals surface area contributed by atoms with Crippen LogP contribution in [0.3, 0.4) is 0 Å². The van der Waals surface area contributed by atoms with Crippen LogP contribution in [0.5, 0.6) is 0 Å². The van der Waals surface area contributed by atoms with Crippen molar-refractivity contribution in [1.29, 1.82) is 0 Å². The second kappa shape index (κ2) is 7.89. The lowest BCUT2D eigenvalue weighted by Gasteiger charge is -2.19. The monoisotopic (exact) mass is 272 g/mol. The highest BCUT2D eigenvalue weighted by molar-refractivity contribution is 5.47. The first-order valence-corrected chi connectivity index (χ1v) is 6.71. The number of unbranched alkanes of at least 4 members (excludes halogenated alkanes) is 1. The molecular weight excluding hydrogens is 250 g/mol. The SMILES string of the molecule is CCCCC(CCC)Nc1nc(NN)c(F)cc1F. The van der Waals surface area contributed by atoms with Crippen molar-refractivity contribution >= 4 is 11.6 Å². The molecule has 19 heavy (non-hydrogen) atoms. The molecule has 0 fully saturated rings. The van der Waals surface area contributed by atoms with Crippen molar-refractivity contribution in [1.82, 2.24) is 4.98 Å². The smallest absolute Gasteiger partial charge is 0.178 e. The molecule has 0 saturated carbocycles. The first-order valence-electron chi connectivity index (χ1n) is 6.71. The Morgan fingerprint density at radius 2 is 1.84 bits per heavy atom. The van der Waals surface area contributed by atoms with Gasteiger partial charge in [-0.3, -0.25) is 0 Å². The number of anilines is 2. The summed E-state index contributed by atoms with van der Waals surface area (Å²) in [6.07, 6.45) is 4.99. The summed E-state index contributed by atoms with van der Waals surface area (Å²) in [7, 11) is 0. The maximum Gasteiger partial charge on any atom is 0.178 e. The summed E-state index contributed by atoms with van der Waals surface area (Å²) >= 11 is 0. The number of hydrazine groups is 1. The van der Waals surface area contributed by atoms with Crippen molar-refractivity contribution in [3.05, 3.63) is 17.7 Å². The van der Waals surface area contributed by atoms with Crippen molar-refractivity contribution in [2.75, 3.05) is 10.7 Å². The molecule has 0 aliphatic rings.